The van der Waals surface area contributed by atoms with E-state index in [1.807, 2.05) is 13.0 Å². The molecule has 1 atom stereocenters. The predicted molar refractivity (Wildman–Crippen MR) is 80.1 cm³/mol. The third-order valence-corrected chi connectivity index (χ3v) is 4.36. The van der Waals surface area contributed by atoms with Crippen LogP contribution in [0, 0.1) is 12.3 Å². The molecule has 0 amide bonds. The zero-order valence-corrected chi connectivity index (χ0v) is 13.5. The van der Waals surface area contributed by atoms with Crippen molar-refractivity contribution in [3.63, 3.8) is 0 Å². The molecular weight excluding hydrogens is 282 g/mol. The summed E-state index contributed by atoms with van der Waals surface area (Å²) in [5.41, 5.74) is 1.00. The molecule has 0 heterocycles. The van der Waals surface area contributed by atoms with E-state index in [-0.39, 0.29) is 22.2 Å². The number of rotatable bonds is 5. The quantitative estimate of drug-likeness (QED) is 0.848. The Morgan fingerprint density at radius 1 is 1.32 bits per heavy atom. The fourth-order valence-corrected chi connectivity index (χ4v) is 3.62. The van der Waals surface area contributed by atoms with E-state index in [4.69, 9.17) is 11.6 Å². The standard InChI is InChI=1S/C14H22ClNO2S/c1-11-6-5-7-13(8-11)19(17,18)16-10-12(15)9-14(2,3)4/h5-8,12,16H,9-10H2,1-4H3. The van der Waals surface area contributed by atoms with Gasteiger partial charge in [0.05, 0.1) is 4.90 Å². The van der Waals surface area contributed by atoms with Gasteiger partial charge in [-0.1, -0.05) is 32.9 Å². The van der Waals surface area contributed by atoms with Crippen molar-refractivity contribution in [3.8, 4) is 0 Å². The molecule has 0 aliphatic heterocycles. The second kappa shape index (κ2) is 6.25. The van der Waals surface area contributed by atoms with Crippen LogP contribution in [-0.2, 0) is 10.0 Å². The van der Waals surface area contributed by atoms with Crippen molar-refractivity contribution in [2.45, 2.75) is 44.4 Å². The molecule has 0 aromatic heterocycles. The zero-order chi connectivity index (χ0) is 14.7. The van der Waals surface area contributed by atoms with Gasteiger partial charge in [0.2, 0.25) is 10.0 Å². The molecule has 3 nitrogen and oxygen atoms in total. The number of aryl methyl sites for hydroxylation is 1. The van der Waals surface area contributed by atoms with Crippen molar-refractivity contribution in [1.29, 1.82) is 0 Å². The van der Waals surface area contributed by atoms with Gasteiger partial charge in [0.25, 0.3) is 0 Å². The summed E-state index contributed by atoms with van der Waals surface area (Å²) in [6, 6.07) is 6.83. The van der Waals surface area contributed by atoms with Crippen molar-refractivity contribution in [3.05, 3.63) is 29.8 Å². The van der Waals surface area contributed by atoms with Crippen LogP contribution in [0.15, 0.2) is 29.2 Å². The number of sulfonamides is 1. The summed E-state index contributed by atoms with van der Waals surface area (Å²) in [4.78, 5) is 0.284. The largest absolute Gasteiger partial charge is 0.240 e. The summed E-state index contributed by atoms with van der Waals surface area (Å²) in [5.74, 6) is 0. The molecule has 0 fully saturated rings. The van der Waals surface area contributed by atoms with Gasteiger partial charge in [-0.15, -0.1) is 11.6 Å². The van der Waals surface area contributed by atoms with Crippen molar-refractivity contribution >= 4 is 21.6 Å². The molecule has 0 radical (unpaired) electrons. The van der Waals surface area contributed by atoms with Crippen molar-refractivity contribution in [2.75, 3.05) is 6.54 Å². The van der Waals surface area contributed by atoms with Gasteiger partial charge >= 0.3 is 0 Å². The van der Waals surface area contributed by atoms with Crippen LogP contribution in [0.3, 0.4) is 0 Å². The third-order valence-electron chi connectivity index (χ3n) is 2.63. The van der Waals surface area contributed by atoms with Crippen LogP contribution < -0.4 is 4.72 Å². The van der Waals surface area contributed by atoms with E-state index < -0.39 is 10.0 Å². The molecule has 0 bridgehead atoms. The first-order valence-corrected chi connectivity index (χ1v) is 8.22. The second-order valence-electron chi connectivity index (χ2n) is 6.03. The van der Waals surface area contributed by atoms with Crippen LogP contribution in [0.5, 0.6) is 0 Å². The van der Waals surface area contributed by atoms with Crippen LogP contribution in [0.25, 0.3) is 0 Å². The van der Waals surface area contributed by atoms with Gasteiger partial charge in [0.1, 0.15) is 0 Å². The van der Waals surface area contributed by atoms with E-state index >= 15 is 0 Å². The Morgan fingerprint density at radius 2 is 1.95 bits per heavy atom. The van der Waals surface area contributed by atoms with Crippen molar-refractivity contribution in [2.24, 2.45) is 5.41 Å². The Kier molecular flexibility index (Phi) is 5.42. The molecule has 0 saturated heterocycles. The summed E-state index contributed by atoms with van der Waals surface area (Å²) in [6.45, 7) is 8.35. The highest BCUT2D eigenvalue weighted by molar-refractivity contribution is 7.89. The maximum absolute atomic E-state index is 12.1. The van der Waals surface area contributed by atoms with Gasteiger partial charge in [-0.25, -0.2) is 13.1 Å². The maximum Gasteiger partial charge on any atom is 0.240 e. The summed E-state index contributed by atoms with van der Waals surface area (Å²) in [7, 11) is -3.47. The fraction of sp³-hybridized carbons (Fsp3) is 0.571. The van der Waals surface area contributed by atoms with Crippen LogP contribution in [0.1, 0.15) is 32.8 Å². The van der Waals surface area contributed by atoms with Gasteiger partial charge in [-0.3, -0.25) is 0 Å². The Morgan fingerprint density at radius 3 is 2.47 bits per heavy atom. The van der Waals surface area contributed by atoms with Crippen molar-refractivity contribution < 1.29 is 8.42 Å². The molecule has 1 unspecified atom stereocenters. The first-order valence-electron chi connectivity index (χ1n) is 6.30. The van der Waals surface area contributed by atoms with E-state index in [1.165, 1.54) is 0 Å². The summed E-state index contributed by atoms with van der Waals surface area (Å²) < 4.78 is 26.7. The molecular formula is C14H22ClNO2S. The predicted octanol–water partition coefficient (Wildman–Crippen LogP) is 3.32. The molecule has 5 heteroatoms. The molecule has 1 N–H and O–H groups in total. The van der Waals surface area contributed by atoms with Crippen LogP contribution in [0.4, 0.5) is 0 Å². The number of benzene rings is 1. The van der Waals surface area contributed by atoms with Crippen molar-refractivity contribution in [1.82, 2.24) is 4.72 Å². The van der Waals surface area contributed by atoms with Gasteiger partial charge in [0.15, 0.2) is 0 Å². The normalized spacial score (nSPS) is 14.4. The number of hydrogen-bond donors (Lipinski definition) is 1. The lowest BCUT2D eigenvalue weighted by molar-refractivity contribution is 0.369. The smallest absolute Gasteiger partial charge is 0.210 e. The average molecular weight is 304 g/mol. The zero-order valence-electron chi connectivity index (χ0n) is 11.9. The second-order valence-corrected chi connectivity index (χ2v) is 8.41. The molecule has 1 aromatic rings. The number of hydrogen-bond acceptors (Lipinski definition) is 2. The van der Waals surface area contributed by atoms with Gasteiger partial charge < -0.3 is 0 Å². The minimum Gasteiger partial charge on any atom is -0.210 e. The van der Waals surface area contributed by atoms with Crippen LogP contribution in [-0.4, -0.2) is 20.3 Å². The fourth-order valence-electron chi connectivity index (χ4n) is 1.80. The van der Waals surface area contributed by atoms with E-state index in [9.17, 15) is 8.42 Å². The first kappa shape index (κ1) is 16.5. The Balaban J connectivity index is 2.66. The topological polar surface area (TPSA) is 46.2 Å². The van der Waals surface area contributed by atoms with E-state index in [2.05, 4.69) is 25.5 Å². The van der Waals surface area contributed by atoms with E-state index in [0.717, 1.165) is 12.0 Å². The summed E-state index contributed by atoms with van der Waals surface area (Å²) in [5, 5.41) is -0.209. The first-order chi connectivity index (χ1) is 8.60. The Hall–Kier alpha value is -0.580. The Labute approximate surface area is 121 Å². The lowest BCUT2D eigenvalue weighted by Gasteiger charge is -2.22. The minimum atomic E-state index is -3.47. The molecule has 1 rings (SSSR count). The number of nitrogens with one attached hydrogen (secondary N) is 1. The maximum atomic E-state index is 12.1. The highest BCUT2D eigenvalue weighted by Gasteiger charge is 2.20. The molecule has 19 heavy (non-hydrogen) atoms. The summed E-state index contributed by atoms with van der Waals surface area (Å²) >= 11 is 6.16. The lowest BCUT2D eigenvalue weighted by atomic mass is 9.90. The molecule has 0 aliphatic carbocycles. The summed E-state index contributed by atoms with van der Waals surface area (Å²) in [6.07, 6.45) is 0.755. The van der Waals surface area contributed by atoms with E-state index in [1.54, 1.807) is 18.2 Å². The minimum absolute atomic E-state index is 0.0845. The SMILES string of the molecule is Cc1cccc(S(=O)(=O)NCC(Cl)CC(C)(C)C)c1. The van der Waals surface area contributed by atoms with Crippen LogP contribution in [0.2, 0.25) is 0 Å². The van der Waals surface area contributed by atoms with Gasteiger partial charge in [-0.2, -0.15) is 0 Å². The molecule has 0 spiro atoms. The lowest BCUT2D eigenvalue weighted by Crippen LogP contribution is -2.31. The van der Waals surface area contributed by atoms with Gasteiger partial charge in [0, 0.05) is 11.9 Å². The highest BCUT2D eigenvalue weighted by Crippen LogP contribution is 2.23. The Bertz CT molecular complexity index is 520. The molecule has 0 aliphatic rings. The third kappa shape index (κ3) is 5.93. The molecule has 108 valence electrons. The molecule has 0 saturated carbocycles. The highest BCUT2D eigenvalue weighted by atomic mass is 35.5. The number of halogens is 1. The monoisotopic (exact) mass is 303 g/mol. The average Bonchev–Trinajstić information content (AvgIpc) is 2.24. The number of alkyl halides is 1. The van der Waals surface area contributed by atoms with Gasteiger partial charge in [-0.05, 0) is 36.5 Å². The molecule has 1 aromatic carbocycles. The van der Waals surface area contributed by atoms with Crippen LogP contribution >= 0.6 is 11.6 Å². The van der Waals surface area contributed by atoms with E-state index in [0.29, 0.717) is 0 Å².